The predicted octanol–water partition coefficient (Wildman–Crippen LogP) is 3.76. The van der Waals surface area contributed by atoms with Crippen LogP contribution in [0.5, 0.6) is 0 Å². The van der Waals surface area contributed by atoms with Crippen LogP contribution >= 0.6 is 22.9 Å². The summed E-state index contributed by atoms with van der Waals surface area (Å²) in [6, 6.07) is 2.02. The van der Waals surface area contributed by atoms with Crippen LogP contribution in [0.4, 0.5) is 15.8 Å². The molecule has 1 aromatic carbocycles. The van der Waals surface area contributed by atoms with Crippen LogP contribution in [0.3, 0.4) is 0 Å². The molecule has 8 heteroatoms. The molecular weight excluding hydrogens is 293 g/mol. The minimum atomic E-state index is -0.812. The molecule has 0 saturated carbocycles. The number of rotatable bonds is 4. The number of halogens is 2. The maximum Gasteiger partial charge on any atom is 0.295 e. The maximum atomic E-state index is 13.2. The monoisotopic (exact) mass is 301 g/mol. The summed E-state index contributed by atoms with van der Waals surface area (Å²) in [7, 11) is 0. The molecular formula is C11H9ClFN3O2S. The van der Waals surface area contributed by atoms with Crippen molar-refractivity contribution < 1.29 is 9.31 Å². The third-order valence-corrected chi connectivity index (χ3v) is 3.56. The van der Waals surface area contributed by atoms with Crippen LogP contribution in [-0.2, 0) is 6.54 Å². The summed E-state index contributed by atoms with van der Waals surface area (Å²) in [4.78, 5) is 15.2. The number of nitro groups is 1. The highest BCUT2D eigenvalue weighted by Crippen LogP contribution is 2.30. The van der Waals surface area contributed by atoms with Gasteiger partial charge < -0.3 is 5.32 Å². The summed E-state index contributed by atoms with van der Waals surface area (Å²) in [5, 5.41) is 14.5. The van der Waals surface area contributed by atoms with E-state index in [4.69, 9.17) is 11.6 Å². The van der Waals surface area contributed by atoms with Crippen molar-refractivity contribution in [1.82, 2.24) is 4.98 Å². The number of benzene rings is 1. The molecule has 0 bridgehead atoms. The molecule has 1 N–H and O–H groups in total. The SMILES string of the molecule is Cc1ncc(CNc2cc(Cl)c(F)cc2[N+](=O)[O-])s1. The Morgan fingerprint density at radius 3 is 2.89 bits per heavy atom. The van der Waals surface area contributed by atoms with Gasteiger partial charge in [-0.2, -0.15) is 0 Å². The van der Waals surface area contributed by atoms with Crippen molar-refractivity contribution in [2.75, 3.05) is 5.32 Å². The molecule has 2 rings (SSSR count). The predicted molar refractivity (Wildman–Crippen MR) is 72.2 cm³/mol. The molecule has 1 heterocycles. The smallest absolute Gasteiger partial charge is 0.295 e. The Bertz CT molecular complexity index is 632. The Labute approximate surface area is 117 Å². The molecule has 0 fully saturated rings. The van der Waals surface area contributed by atoms with Gasteiger partial charge in [0.25, 0.3) is 5.69 Å². The number of nitro benzene ring substituents is 1. The molecule has 0 aliphatic heterocycles. The Balaban J connectivity index is 2.23. The first-order chi connectivity index (χ1) is 8.97. The van der Waals surface area contributed by atoms with Gasteiger partial charge in [0.05, 0.1) is 27.6 Å². The van der Waals surface area contributed by atoms with Gasteiger partial charge in [0.1, 0.15) is 11.5 Å². The summed E-state index contributed by atoms with van der Waals surface area (Å²) in [5.74, 6) is -0.812. The van der Waals surface area contributed by atoms with Crippen molar-refractivity contribution in [1.29, 1.82) is 0 Å². The molecule has 100 valence electrons. The molecule has 0 unspecified atom stereocenters. The first-order valence-electron chi connectivity index (χ1n) is 5.26. The first-order valence-corrected chi connectivity index (χ1v) is 6.45. The van der Waals surface area contributed by atoms with E-state index >= 15 is 0 Å². The number of aryl methyl sites for hydroxylation is 1. The van der Waals surface area contributed by atoms with Crippen LogP contribution in [0.1, 0.15) is 9.88 Å². The molecule has 19 heavy (non-hydrogen) atoms. The van der Waals surface area contributed by atoms with E-state index in [1.165, 1.54) is 17.4 Å². The fourth-order valence-corrected chi connectivity index (χ4v) is 2.40. The number of nitrogens with zero attached hydrogens (tertiary/aromatic N) is 2. The van der Waals surface area contributed by atoms with Gasteiger partial charge in [-0.3, -0.25) is 10.1 Å². The fourth-order valence-electron chi connectivity index (χ4n) is 1.50. The van der Waals surface area contributed by atoms with Crippen molar-refractivity contribution in [3.63, 3.8) is 0 Å². The van der Waals surface area contributed by atoms with E-state index in [1.54, 1.807) is 6.20 Å². The molecule has 2 aromatic rings. The van der Waals surface area contributed by atoms with E-state index in [2.05, 4.69) is 10.3 Å². The zero-order valence-corrected chi connectivity index (χ0v) is 11.4. The molecule has 5 nitrogen and oxygen atoms in total. The van der Waals surface area contributed by atoms with E-state index < -0.39 is 10.7 Å². The first kappa shape index (κ1) is 13.7. The summed E-state index contributed by atoms with van der Waals surface area (Å²) < 4.78 is 13.2. The highest BCUT2D eigenvalue weighted by Gasteiger charge is 2.17. The second-order valence-corrected chi connectivity index (χ2v) is 5.47. The lowest BCUT2D eigenvalue weighted by Crippen LogP contribution is -2.02. The summed E-state index contributed by atoms with van der Waals surface area (Å²) in [6.07, 6.45) is 1.68. The average molecular weight is 302 g/mol. The normalized spacial score (nSPS) is 10.5. The van der Waals surface area contributed by atoms with E-state index in [9.17, 15) is 14.5 Å². The molecule has 0 aliphatic rings. The number of hydrogen-bond acceptors (Lipinski definition) is 5. The highest BCUT2D eigenvalue weighted by atomic mass is 35.5. The van der Waals surface area contributed by atoms with Crippen molar-refractivity contribution >= 4 is 34.3 Å². The van der Waals surface area contributed by atoms with Crippen LogP contribution in [0.15, 0.2) is 18.3 Å². The standard InChI is InChI=1S/C11H9ClFN3O2S/c1-6-14-4-7(19-6)5-15-10-2-8(12)9(13)3-11(10)16(17)18/h2-4,15H,5H2,1H3. The fraction of sp³-hybridized carbons (Fsp3) is 0.182. The summed E-state index contributed by atoms with van der Waals surface area (Å²) >= 11 is 7.11. The van der Waals surface area contributed by atoms with E-state index in [0.29, 0.717) is 6.54 Å². The quantitative estimate of drug-likeness (QED) is 0.689. The van der Waals surface area contributed by atoms with Crippen LogP contribution in [-0.4, -0.2) is 9.91 Å². The lowest BCUT2D eigenvalue weighted by Gasteiger charge is -2.06. The van der Waals surface area contributed by atoms with Crippen molar-refractivity contribution in [3.05, 3.63) is 49.2 Å². The Hall–Kier alpha value is -1.73. The van der Waals surface area contributed by atoms with Gasteiger partial charge in [0.15, 0.2) is 0 Å². The summed E-state index contributed by atoms with van der Waals surface area (Å²) in [5.41, 5.74) is -0.161. The molecule has 0 saturated heterocycles. The van der Waals surface area contributed by atoms with Gasteiger partial charge in [-0.25, -0.2) is 9.37 Å². The third kappa shape index (κ3) is 3.18. The zero-order valence-electron chi connectivity index (χ0n) is 9.81. The van der Waals surface area contributed by atoms with E-state index in [0.717, 1.165) is 16.0 Å². The Morgan fingerprint density at radius 2 is 2.32 bits per heavy atom. The minimum absolute atomic E-state index is 0.159. The number of thiazole rings is 1. The van der Waals surface area contributed by atoms with E-state index in [-0.39, 0.29) is 16.4 Å². The molecule has 0 amide bonds. The molecule has 0 aliphatic carbocycles. The van der Waals surface area contributed by atoms with Crippen LogP contribution in [0.25, 0.3) is 0 Å². The van der Waals surface area contributed by atoms with Crippen LogP contribution in [0, 0.1) is 22.9 Å². The number of nitrogens with one attached hydrogen (secondary N) is 1. The second kappa shape index (κ2) is 5.50. The number of aromatic nitrogens is 1. The van der Waals surface area contributed by atoms with Crippen LogP contribution < -0.4 is 5.32 Å². The van der Waals surface area contributed by atoms with Gasteiger partial charge in [0.2, 0.25) is 0 Å². The molecule has 0 atom stereocenters. The van der Waals surface area contributed by atoms with Gasteiger partial charge in [-0.05, 0) is 13.0 Å². The Kier molecular flexibility index (Phi) is 3.96. The Morgan fingerprint density at radius 1 is 1.58 bits per heavy atom. The van der Waals surface area contributed by atoms with Crippen molar-refractivity contribution in [2.45, 2.75) is 13.5 Å². The summed E-state index contributed by atoms with van der Waals surface area (Å²) in [6.45, 7) is 2.24. The third-order valence-electron chi connectivity index (χ3n) is 2.36. The number of anilines is 1. The molecule has 0 spiro atoms. The average Bonchev–Trinajstić information content (AvgIpc) is 2.76. The molecule has 0 radical (unpaired) electrons. The van der Waals surface area contributed by atoms with Crippen molar-refractivity contribution in [3.8, 4) is 0 Å². The van der Waals surface area contributed by atoms with Gasteiger partial charge >= 0.3 is 0 Å². The lowest BCUT2D eigenvalue weighted by molar-refractivity contribution is -0.384. The second-order valence-electron chi connectivity index (χ2n) is 3.74. The van der Waals surface area contributed by atoms with Gasteiger partial charge in [-0.1, -0.05) is 11.6 Å². The molecule has 1 aromatic heterocycles. The van der Waals surface area contributed by atoms with Crippen molar-refractivity contribution in [2.24, 2.45) is 0 Å². The minimum Gasteiger partial charge on any atom is -0.374 e. The number of hydrogen-bond donors (Lipinski definition) is 1. The maximum absolute atomic E-state index is 13.2. The van der Waals surface area contributed by atoms with Crippen LogP contribution in [0.2, 0.25) is 5.02 Å². The van der Waals surface area contributed by atoms with E-state index in [1.807, 2.05) is 6.92 Å². The topological polar surface area (TPSA) is 68.1 Å². The highest BCUT2D eigenvalue weighted by molar-refractivity contribution is 7.11. The van der Waals surface area contributed by atoms with Gasteiger partial charge in [0, 0.05) is 11.1 Å². The lowest BCUT2D eigenvalue weighted by atomic mass is 10.2. The largest absolute Gasteiger partial charge is 0.374 e. The zero-order chi connectivity index (χ0) is 14.0. The van der Waals surface area contributed by atoms with Gasteiger partial charge in [-0.15, -0.1) is 11.3 Å².